The van der Waals surface area contributed by atoms with Crippen molar-refractivity contribution in [3.8, 4) is 0 Å². The van der Waals surface area contributed by atoms with Crippen LogP contribution in [0.3, 0.4) is 0 Å². The first-order valence-electron chi connectivity index (χ1n) is 9.43. The van der Waals surface area contributed by atoms with E-state index in [9.17, 15) is 9.18 Å². The lowest BCUT2D eigenvalue weighted by atomic mass is 10.1. The molecule has 3 rings (SSSR count). The van der Waals surface area contributed by atoms with Crippen molar-refractivity contribution in [3.05, 3.63) is 113 Å². The smallest absolute Gasteiger partial charge is 0.254 e. The molecule has 0 radical (unpaired) electrons. The summed E-state index contributed by atoms with van der Waals surface area (Å²) in [5, 5.41) is 0. The van der Waals surface area contributed by atoms with Crippen LogP contribution in [0, 0.1) is 5.82 Å². The maximum atomic E-state index is 13.6. The highest BCUT2D eigenvalue weighted by molar-refractivity contribution is 5.94. The number of benzene rings is 3. The fourth-order valence-corrected chi connectivity index (χ4v) is 3.15. The van der Waals surface area contributed by atoms with Crippen LogP contribution in [0.1, 0.15) is 28.4 Å². The molecule has 3 heteroatoms. The average molecular weight is 373 g/mol. The van der Waals surface area contributed by atoms with Crippen molar-refractivity contribution in [2.45, 2.75) is 13.3 Å². The molecular formula is C25H24FNO. The van der Waals surface area contributed by atoms with Gasteiger partial charge in [0.15, 0.2) is 0 Å². The molecule has 3 aromatic carbocycles. The Kier molecular flexibility index (Phi) is 6.74. The Morgan fingerprint density at radius 2 is 1.61 bits per heavy atom. The molecule has 0 atom stereocenters. The second-order valence-electron chi connectivity index (χ2n) is 6.87. The van der Waals surface area contributed by atoms with Crippen molar-refractivity contribution >= 4 is 12.0 Å². The lowest BCUT2D eigenvalue weighted by Gasteiger charge is -2.23. The van der Waals surface area contributed by atoms with Crippen molar-refractivity contribution in [2.24, 2.45) is 0 Å². The van der Waals surface area contributed by atoms with Gasteiger partial charge in [0.25, 0.3) is 5.91 Å². The van der Waals surface area contributed by atoms with Gasteiger partial charge in [-0.1, -0.05) is 78.4 Å². The van der Waals surface area contributed by atoms with Gasteiger partial charge in [-0.3, -0.25) is 4.79 Å². The molecule has 0 heterocycles. The second-order valence-corrected chi connectivity index (χ2v) is 6.87. The van der Waals surface area contributed by atoms with E-state index >= 15 is 0 Å². The Morgan fingerprint density at radius 1 is 0.929 bits per heavy atom. The fourth-order valence-electron chi connectivity index (χ4n) is 3.15. The van der Waals surface area contributed by atoms with Crippen molar-refractivity contribution in [1.82, 2.24) is 4.90 Å². The number of hydrogen-bond donors (Lipinski definition) is 0. The predicted octanol–water partition coefficient (Wildman–Crippen LogP) is 5.61. The van der Waals surface area contributed by atoms with Gasteiger partial charge in [0.05, 0.1) is 0 Å². The Hall–Kier alpha value is -3.20. The summed E-state index contributed by atoms with van der Waals surface area (Å²) < 4.78 is 13.6. The summed E-state index contributed by atoms with van der Waals surface area (Å²) >= 11 is 0. The zero-order valence-electron chi connectivity index (χ0n) is 16.0. The molecule has 0 N–H and O–H groups in total. The monoisotopic (exact) mass is 373 g/mol. The molecule has 2 nitrogen and oxygen atoms in total. The van der Waals surface area contributed by atoms with Gasteiger partial charge in [0.1, 0.15) is 5.82 Å². The van der Waals surface area contributed by atoms with Gasteiger partial charge in [-0.2, -0.15) is 0 Å². The van der Waals surface area contributed by atoms with E-state index in [4.69, 9.17) is 0 Å². The summed E-state index contributed by atoms with van der Waals surface area (Å²) in [4.78, 5) is 14.8. The van der Waals surface area contributed by atoms with Gasteiger partial charge < -0.3 is 4.90 Å². The van der Waals surface area contributed by atoms with Crippen molar-refractivity contribution in [3.63, 3.8) is 0 Å². The molecule has 0 bridgehead atoms. The summed E-state index contributed by atoms with van der Waals surface area (Å²) in [6.07, 6.45) is 2.83. The zero-order chi connectivity index (χ0) is 19.8. The van der Waals surface area contributed by atoms with E-state index in [0.717, 1.165) is 17.6 Å². The number of hydrogen-bond acceptors (Lipinski definition) is 1. The van der Waals surface area contributed by atoms with Crippen LogP contribution in [-0.2, 0) is 6.42 Å². The number of carbonyl (C=O) groups is 1. The third-order valence-corrected chi connectivity index (χ3v) is 4.52. The van der Waals surface area contributed by atoms with Crippen molar-refractivity contribution in [2.75, 3.05) is 13.1 Å². The van der Waals surface area contributed by atoms with Crippen LogP contribution in [0.25, 0.3) is 6.08 Å². The van der Waals surface area contributed by atoms with E-state index in [0.29, 0.717) is 18.7 Å². The molecule has 1 amide bonds. The third-order valence-electron chi connectivity index (χ3n) is 4.52. The van der Waals surface area contributed by atoms with Crippen LogP contribution in [0.2, 0.25) is 0 Å². The van der Waals surface area contributed by atoms with Crippen LogP contribution < -0.4 is 0 Å². The quantitative estimate of drug-likeness (QED) is 0.527. The molecule has 0 aliphatic heterocycles. The molecule has 0 unspecified atom stereocenters. The molecule has 0 aliphatic rings. The van der Waals surface area contributed by atoms with E-state index < -0.39 is 5.82 Å². The standard InChI is InChI=1S/C25H24FNO/c1-20(17-22-11-6-3-7-12-22)19-27(16-15-21-9-4-2-5-10-21)25(28)23-13-8-14-24(26)18-23/h2-14,17-18H,15-16,19H2,1H3/b20-17+. The highest BCUT2D eigenvalue weighted by atomic mass is 19.1. The number of carbonyl (C=O) groups excluding carboxylic acids is 1. The molecule has 0 aromatic heterocycles. The van der Waals surface area contributed by atoms with Gasteiger partial charge >= 0.3 is 0 Å². The molecule has 0 spiro atoms. The molecule has 3 aromatic rings. The summed E-state index contributed by atoms with van der Waals surface area (Å²) in [5.41, 5.74) is 3.72. The lowest BCUT2D eigenvalue weighted by molar-refractivity contribution is 0.0771. The summed E-state index contributed by atoms with van der Waals surface area (Å²) in [6.45, 7) is 3.08. The fraction of sp³-hybridized carbons (Fsp3) is 0.160. The van der Waals surface area contributed by atoms with Gasteiger partial charge in [0, 0.05) is 18.7 Å². The van der Waals surface area contributed by atoms with Gasteiger partial charge in [0.2, 0.25) is 0 Å². The maximum Gasteiger partial charge on any atom is 0.254 e. The largest absolute Gasteiger partial charge is 0.334 e. The molecule has 142 valence electrons. The van der Waals surface area contributed by atoms with E-state index in [1.54, 1.807) is 17.0 Å². The molecule has 28 heavy (non-hydrogen) atoms. The highest BCUT2D eigenvalue weighted by Crippen LogP contribution is 2.13. The summed E-state index contributed by atoms with van der Waals surface area (Å²) in [7, 11) is 0. The zero-order valence-corrected chi connectivity index (χ0v) is 16.0. The van der Waals surface area contributed by atoms with Crippen molar-refractivity contribution in [1.29, 1.82) is 0 Å². The van der Waals surface area contributed by atoms with E-state index in [1.807, 2.05) is 55.5 Å². The first-order chi connectivity index (χ1) is 13.6. The molecule has 0 saturated heterocycles. The number of halogens is 1. The average Bonchev–Trinajstić information content (AvgIpc) is 2.72. The van der Waals surface area contributed by atoms with E-state index in [-0.39, 0.29) is 5.91 Å². The Labute approximate surface area is 165 Å². The molecular weight excluding hydrogens is 349 g/mol. The van der Waals surface area contributed by atoms with Gasteiger partial charge in [-0.05, 0) is 42.7 Å². The normalized spacial score (nSPS) is 11.3. The molecule has 0 aliphatic carbocycles. The lowest BCUT2D eigenvalue weighted by Crippen LogP contribution is -2.34. The highest BCUT2D eigenvalue weighted by Gasteiger charge is 2.16. The number of nitrogens with zero attached hydrogens (tertiary/aromatic N) is 1. The summed E-state index contributed by atoms with van der Waals surface area (Å²) in [5.74, 6) is -0.554. The topological polar surface area (TPSA) is 20.3 Å². The number of amides is 1. The minimum absolute atomic E-state index is 0.156. The Morgan fingerprint density at radius 3 is 2.29 bits per heavy atom. The second kappa shape index (κ2) is 9.65. The van der Waals surface area contributed by atoms with Crippen LogP contribution in [0.5, 0.6) is 0 Å². The van der Waals surface area contributed by atoms with Crippen LogP contribution in [0.15, 0.2) is 90.5 Å². The van der Waals surface area contributed by atoms with E-state index in [1.165, 1.54) is 17.7 Å². The first-order valence-corrected chi connectivity index (χ1v) is 9.43. The van der Waals surface area contributed by atoms with Crippen molar-refractivity contribution < 1.29 is 9.18 Å². The summed E-state index contributed by atoms with van der Waals surface area (Å²) in [6, 6.07) is 26.0. The number of rotatable bonds is 7. The van der Waals surface area contributed by atoms with Crippen LogP contribution in [0.4, 0.5) is 4.39 Å². The first kappa shape index (κ1) is 19.6. The molecule has 0 saturated carbocycles. The minimum Gasteiger partial charge on any atom is -0.334 e. The Bertz CT molecular complexity index is 935. The van der Waals surface area contributed by atoms with Gasteiger partial charge in [-0.25, -0.2) is 4.39 Å². The van der Waals surface area contributed by atoms with Crippen LogP contribution in [-0.4, -0.2) is 23.9 Å². The SMILES string of the molecule is C/C(=C\c1ccccc1)CN(CCc1ccccc1)C(=O)c1cccc(F)c1. The predicted molar refractivity (Wildman–Crippen MR) is 113 cm³/mol. The molecule has 0 fully saturated rings. The van der Waals surface area contributed by atoms with Gasteiger partial charge in [-0.15, -0.1) is 0 Å². The van der Waals surface area contributed by atoms with Crippen LogP contribution >= 0.6 is 0 Å². The third kappa shape index (κ3) is 5.65. The maximum absolute atomic E-state index is 13.6. The van der Waals surface area contributed by atoms with E-state index in [2.05, 4.69) is 18.2 Å². The minimum atomic E-state index is -0.398. The Balaban J connectivity index is 1.79.